The molecule has 0 saturated carbocycles. The van der Waals surface area contributed by atoms with Crippen LogP contribution in [0.4, 0.5) is 0 Å². The van der Waals surface area contributed by atoms with Gasteiger partial charge in [-0.15, -0.1) is 0 Å². The Morgan fingerprint density at radius 1 is 1.56 bits per heavy atom. The van der Waals surface area contributed by atoms with Crippen molar-refractivity contribution in [3.05, 3.63) is 0 Å². The Balaban J connectivity index is 2.63. The van der Waals surface area contributed by atoms with Crippen LogP contribution in [0.3, 0.4) is 0 Å². The zero-order chi connectivity index (χ0) is 6.74. The standard InChI is InChI=1S/C7H12N2/c1-3-7(2)4-5-8-9-6-7/h5-6H,3-4H2,1-2H3. The lowest BCUT2D eigenvalue weighted by molar-refractivity contribution is 0.478. The van der Waals surface area contributed by atoms with E-state index in [0.717, 1.165) is 12.8 Å². The minimum atomic E-state index is 0.280. The molecule has 1 unspecified atom stereocenters. The number of hydrogen-bond acceptors (Lipinski definition) is 2. The van der Waals surface area contributed by atoms with Gasteiger partial charge in [0, 0.05) is 17.8 Å². The smallest absolute Gasteiger partial charge is 0.0332 e. The Morgan fingerprint density at radius 3 is 2.67 bits per heavy atom. The van der Waals surface area contributed by atoms with Crippen molar-refractivity contribution in [3.63, 3.8) is 0 Å². The molecule has 50 valence electrons. The molecule has 2 heteroatoms. The third-order valence-corrected chi connectivity index (χ3v) is 1.88. The van der Waals surface area contributed by atoms with Crippen molar-refractivity contribution in [2.45, 2.75) is 26.7 Å². The summed E-state index contributed by atoms with van der Waals surface area (Å²) in [6.07, 6.45) is 5.99. The zero-order valence-corrected chi connectivity index (χ0v) is 5.96. The van der Waals surface area contributed by atoms with E-state index in [4.69, 9.17) is 0 Å². The average Bonchev–Trinajstić information content (AvgIpc) is 1.90. The minimum Gasteiger partial charge on any atom is -0.164 e. The summed E-state index contributed by atoms with van der Waals surface area (Å²) in [5.74, 6) is 0. The molecule has 0 aromatic heterocycles. The van der Waals surface area contributed by atoms with Gasteiger partial charge in [0.2, 0.25) is 0 Å². The van der Waals surface area contributed by atoms with Crippen LogP contribution in [-0.2, 0) is 0 Å². The van der Waals surface area contributed by atoms with Crippen LogP contribution in [0, 0.1) is 5.41 Å². The first-order valence-corrected chi connectivity index (χ1v) is 3.33. The molecule has 2 nitrogen and oxygen atoms in total. The highest BCUT2D eigenvalue weighted by Crippen LogP contribution is 2.23. The maximum Gasteiger partial charge on any atom is 0.0332 e. The molecule has 0 bridgehead atoms. The number of nitrogens with zero attached hydrogens (tertiary/aromatic N) is 2. The molecular weight excluding hydrogens is 112 g/mol. The molecule has 0 aliphatic carbocycles. The van der Waals surface area contributed by atoms with E-state index >= 15 is 0 Å². The van der Waals surface area contributed by atoms with Crippen LogP contribution in [-0.4, -0.2) is 12.4 Å². The molecule has 0 radical (unpaired) electrons. The van der Waals surface area contributed by atoms with Crippen molar-refractivity contribution < 1.29 is 0 Å². The lowest BCUT2D eigenvalue weighted by atomic mass is 9.86. The van der Waals surface area contributed by atoms with Crippen LogP contribution in [0.1, 0.15) is 26.7 Å². The second-order valence-corrected chi connectivity index (χ2v) is 2.75. The van der Waals surface area contributed by atoms with Gasteiger partial charge >= 0.3 is 0 Å². The molecule has 0 spiro atoms. The summed E-state index contributed by atoms with van der Waals surface area (Å²) in [6, 6.07) is 0. The van der Waals surface area contributed by atoms with E-state index in [1.54, 1.807) is 0 Å². The number of hydrogen-bond donors (Lipinski definition) is 0. The highest BCUT2D eigenvalue weighted by Gasteiger charge is 2.19. The van der Waals surface area contributed by atoms with Crippen molar-refractivity contribution in [2.24, 2.45) is 15.6 Å². The van der Waals surface area contributed by atoms with Gasteiger partial charge in [0.1, 0.15) is 0 Å². The molecule has 1 rings (SSSR count). The van der Waals surface area contributed by atoms with Crippen molar-refractivity contribution in [1.82, 2.24) is 0 Å². The summed E-state index contributed by atoms with van der Waals surface area (Å²) in [6.45, 7) is 4.37. The first-order valence-electron chi connectivity index (χ1n) is 3.33. The average molecular weight is 124 g/mol. The lowest BCUT2D eigenvalue weighted by Gasteiger charge is -2.21. The van der Waals surface area contributed by atoms with Crippen LogP contribution in [0.2, 0.25) is 0 Å². The lowest BCUT2D eigenvalue weighted by Crippen LogP contribution is -2.19. The molecule has 0 aromatic rings. The Labute approximate surface area is 55.7 Å². The van der Waals surface area contributed by atoms with Gasteiger partial charge < -0.3 is 0 Å². The van der Waals surface area contributed by atoms with Crippen LogP contribution < -0.4 is 0 Å². The molecule has 9 heavy (non-hydrogen) atoms. The predicted octanol–water partition coefficient (Wildman–Crippen LogP) is 1.86. The summed E-state index contributed by atoms with van der Waals surface area (Å²) in [5.41, 5.74) is 0.280. The summed E-state index contributed by atoms with van der Waals surface area (Å²) < 4.78 is 0. The SMILES string of the molecule is CCC1(C)C=NN=CC1. The second kappa shape index (κ2) is 2.29. The van der Waals surface area contributed by atoms with Gasteiger partial charge in [-0.25, -0.2) is 0 Å². The van der Waals surface area contributed by atoms with Crippen molar-refractivity contribution in [3.8, 4) is 0 Å². The molecule has 0 amide bonds. The van der Waals surface area contributed by atoms with Crippen molar-refractivity contribution >= 4 is 12.4 Å². The van der Waals surface area contributed by atoms with E-state index in [-0.39, 0.29) is 5.41 Å². The number of rotatable bonds is 1. The third-order valence-electron chi connectivity index (χ3n) is 1.88. The van der Waals surface area contributed by atoms with E-state index in [0.29, 0.717) is 0 Å². The normalized spacial score (nSPS) is 33.1. The summed E-state index contributed by atoms with van der Waals surface area (Å²) in [5, 5.41) is 7.61. The highest BCUT2D eigenvalue weighted by atomic mass is 15.2. The van der Waals surface area contributed by atoms with Gasteiger partial charge in [0.15, 0.2) is 0 Å². The van der Waals surface area contributed by atoms with Crippen LogP contribution in [0.5, 0.6) is 0 Å². The molecule has 1 aliphatic heterocycles. The predicted molar refractivity (Wildman–Crippen MR) is 40.0 cm³/mol. The minimum absolute atomic E-state index is 0.280. The van der Waals surface area contributed by atoms with Crippen molar-refractivity contribution in [2.75, 3.05) is 0 Å². The summed E-state index contributed by atoms with van der Waals surface area (Å²) in [7, 11) is 0. The van der Waals surface area contributed by atoms with Gasteiger partial charge in [-0.3, -0.25) is 0 Å². The summed E-state index contributed by atoms with van der Waals surface area (Å²) in [4.78, 5) is 0. The maximum absolute atomic E-state index is 3.85. The molecule has 1 atom stereocenters. The topological polar surface area (TPSA) is 24.7 Å². The second-order valence-electron chi connectivity index (χ2n) is 2.75. The zero-order valence-electron chi connectivity index (χ0n) is 5.96. The fourth-order valence-electron chi connectivity index (χ4n) is 0.758. The van der Waals surface area contributed by atoms with E-state index in [1.165, 1.54) is 0 Å². The molecule has 0 saturated heterocycles. The quantitative estimate of drug-likeness (QED) is 0.509. The maximum atomic E-state index is 3.85. The van der Waals surface area contributed by atoms with E-state index in [2.05, 4.69) is 24.1 Å². The summed E-state index contributed by atoms with van der Waals surface area (Å²) >= 11 is 0. The van der Waals surface area contributed by atoms with Crippen molar-refractivity contribution in [1.29, 1.82) is 0 Å². The monoisotopic (exact) mass is 124 g/mol. The Morgan fingerprint density at radius 2 is 2.33 bits per heavy atom. The van der Waals surface area contributed by atoms with Crippen LogP contribution in [0.25, 0.3) is 0 Å². The van der Waals surface area contributed by atoms with Gasteiger partial charge in [-0.1, -0.05) is 13.8 Å². The molecule has 1 aliphatic rings. The van der Waals surface area contributed by atoms with E-state index in [9.17, 15) is 0 Å². The van der Waals surface area contributed by atoms with Gasteiger partial charge in [-0.2, -0.15) is 10.2 Å². The molecule has 1 heterocycles. The van der Waals surface area contributed by atoms with Gasteiger partial charge in [0.25, 0.3) is 0 Å². The van der Waals surface area contributed by atoms with Crippen LogP contribution in [0.15, 0.2) is 10.2 Å². The van der Waals surface area contributed by atoms with E-state index in [1.807, 2.05) is 12.4 Å². The molecule has 0 N–H and O–H groups in total. The highest BCUT2D eigenvalue weighted by molar-refractivity contribution is 5.75. The molecule has 0 aromatic carbocycles. The Hall–Kier alpha value is -0.660. The Kier molecular flexibility index (Phi) is 1.65. The molecule has 0 fully saturated rings. The first kappa shape index (κ1) is 6.46. The van der Waals surface area contributed by atoms with E-state index < -0.39 is 0 Å². The fourth-order valence-corrected chi connectivity index (χ4v) is 0.758. The van der Waals surface area contributed by atoms with Crippen LogP contribution >= 0.6 is 0 Å². The fraction of sp³-hybridized carbons (Fsp3) is 0.714. The first-order chi connectivity index (χ1) is 4.27. The Bertz CT molecular complexity index is 149. The van der Waals surface area contributed by atoms with Gasteiger partial charge in [-0.05, 0) is 12.8 Å². The third kappa shape index (κ3) is 1.37. The van der Waals surface area contributed by atoms with Gasteiger partial charge in [0.05, 0.1) is 0 Å². The molecular formula is C7H12N2. The largest absolute Gasteiger partial charge is 0.164 e.